The number of aromatic nitrogens is 2. The van der Waals surface area contributed by atoms with Crippen LogP contribution in [0.25, 0.3) is 0 Å². The van der Waals surface area contributed by atoms with Crippen molar-refractivity contribution in [2.75, 3.05) is 6.26 Å². The van der Waals surface area contributed by atoms with E-state index in [1.165, 1.54) is 0 Å². The van der Waals surface area contributed by atoms with Gasteiger partial charge in [-0.05, 0) is 30.4 Å². The van der Waals surface area contributed by atoms with Gasteiger partial charge in [-0.25, -0.2) is 0 Å². The van der Waals surface area contributed by atoms with Crippen molar-refractivity contribution in [3.8, 4) is 5.75 Å². The Bertz CT molecular complexity index is 498. The molecule has 96 valence electrons. The molecule has 0 aliphatic heterocycles. The molecular weight excluding hydrogens is 250 g/mol. The molecule has 0 saturated heterocycles. The van der Waals surface area contributed by atoms with E-state index in [1.54, 1.807) is 23.9 Å². The number of thioether (sulfide) groups is 1. The quantitative estimate of drug-likeness (QED) is 0.858. The van der Waals surface area contributed by atoms with Crippen LogP contribution in [0.5, 0.6) is 5.75 Å². The zero-order valence-corrected chi connectivity index (χ0v) is 10.9. The van der Waals surface area contributed by atoms with E-state index >= 15 is 0 Å². The second-order valence-corrected chi connectivity index (χ2v) is 4.82. The average Bonchev–Trinajstić information content (AvgIpc) is 2.81. The minimum atomic E-state index is -0.322. The van der Waals surface area contributed by atoms with Gasteiger partial charge < -0.3 is 15.4 Å². The van der Waals surface area contributed by atoms with Crippen LogP contribution >= 0.6 is 11.8 Å². The minimum Gasteiger partial charge on any atom is -0.508 e. The van der Waals surface area contributed by atoms with Crippen molar-refractivity contribution in [1.29, 1.82) is 0 Å². The fraction of sp³-hybridized carbons (Fsp3) is 0.333. The molecule has 0 bridgehead atoms. The molecule has 1 aromatic carbocycles. The normalized spacial score (nSPS) is 12.6. The zero-order valence-electron chi connectivity index (χ0n) is 10.0. The Balaban J connectivity index is 2.02. The van der Waals surface area contributed by atoms with E-state index in [9.17, 15) is 5.11 Å². The maximum Gasteiger partial charge on any atom is 0.243 e. The highest BCUT2D eigenvalue weighted by Gasteiger charge is 2.15. The molecule has 1 unspecified atom stereocenters. The van der Waals surface area contributed by atoms with Gasteiger partial charge in [-0.2, -0.15) is 16.7 Å². The largest absolute Gasteiger partial charge is 0.508 e. The fourth-order valence-electron chi connectivity index (χ4n) is 1.58. The number of aromatic hydroxyl groups is 1. The molecule has 0 radical (unpaired) electrons. The van der Waals surface area contributed by atoms with Gasteiger partial charge in [-0.3, -0.25) is 0 Å². The molecule has 0 saturated carbocycles. The Morgan fingerprint density at radius 2 is 2.11 bits per heavy atom. The Kier molecular flexibility index (Phi) is 4.22. The van der Waals surface area contributed by atoms with Crippen molar-refractivity contribution < 1.29 is 9.63 Å². The first kappa shape index (κ1) is 12.9. The molecule has 3 N–H and O–H groups in total. The number of phenolic OH excluding ortho intramolecular Hbond substituents is 1. The molecule has 0 amide bonds. The van der Waals surface area contributed by atoms with E-state index < -0.39 is 0 Å². The molecule has 2 aromatic rings. The van der Waals surface area contributed by atoms with E-state index in [2.05, 4.69) is 10.1 Å². The minimum absolute atomic E-state index is 0.243. The lowest BCUT2D eigenvalue weighted by Crippen LogP contribution is -2.13. The van der Waals surface area contributed by atoms with Crippen LogP contribution in [0.15, 0.2) is 28.8 Å². The molecule has 5 nitrogen and oxygen atoms in total. The summed E-state index contributed by atoms with van der Waals surface area (Å²) in [4.78, 5) is 4.24. The molecule has 0 aliphatic rings. The predicted molar refractivity (Wildman–Crippen MR) is 70.3 cm³/mol. The van der Waals surface area contributed by atoms with E-state index in [-0.39, 0.29) is 11.8 Å². The summed E-state index contributed by atoms with van der Waals surface area (Å²) in [6, 6.07) is 6.60. The van der Waals surface area contributed by atoms with Crippen molar-refractivity contribution in [1.82, 2.24) is 10.1 Å². The van der Waals surface area contributed by atoms with Gasteiger partial charge in [0.2, 0.25) is 5.89 Å². The van der Waals surface area contributed by atoms with Gasteiger partial charge in [0.25, 0.3) is 0 Å². The van der Waals surface area contributed by atoms with Crippen LogP contribution in [0.4, 0.5) is 0 Å². The summed E-state index contributed by atoms with van der Waals surface area (Å²) in [5, 5.41) is 13.1. The van der Waals surface area contributed by atoms with Gasteiger partial charge in [-0.15, -0.1) is 0 Å². The SMILES string of the molecule is CSCc1noc(C(N)Cc2ccc(O)cc2)n1. The number of nitrogens with zero attached hydrogens (tertiary/aromatic N) is 2. The van der Waals surface area contributed by atoms with E-state index in [1.807, 2.05) is 18.4 Å². The summed E-state index contributed by atoms with van der Waals surface area (Å²) in [6.45, 7) is 0. The molecule has 1 atom stereocenters. The lowest BCUT2D eigenvalue weighted by Gasteiger charge is -2.06. The van der Waals surface area contributed by atoms with Gasteiger partial charge in [-0.1, -0.05) is 17.3 Å². The summed E-state index contributed by atoms with van der Waals surface area (Å²) in [6.07, 6.45) is 2.58. The third-order valence-electron chi connectivity index (χ3n) is 2.47. The molecule has 2 rings (SSSR count). The molecule has 18 heavy (non-hydrogen) atoms. The second kappa shape index (κ2) is 5.88. The molecule has 0 aliphatic carbocycles. The number of hydrogen-bond donors (Lipinski definition) is 2. The highest BCUT2D eigenvalue weighted by Crippen LogP contribution is 2.17. The molecule has 1 heterocycles. The summed E-state index contributed by atoms with van der Waals surface area (Å²) in [7, 11) is 0. The Morgan fingerprint density at radius 1 is 1.39 bits per heavy atom. The third-order valence-corrected chi connectivity index (χ3v) is 3.01. The summed E-state index contributed by atoms with van der Waals surface area (Å²) in [5.74, 6) is 2.08. The first-order chi connectivity index (χ1) is 8.69. The molecule has 0 spiro atoms. The highest BCUT2D eigenvalue weighted by atomic mass is 32.2. The first-order valence-corrected chi connectivity index (χ1v) is 6.93. The summed E-state index contributed by atoms with van der Waals surface area (Å²) >= 11 is 1.63. The maximum atomic E-state index is 9.20. The van der Waals surface area contributed by atoms with Gasteiger partial charge in [0.1, 0.15) is 5.75 Å². The number of rotatable bonds is 5. The van der Waals surface area contributed by atoms with Gasteiger partial charge in [0.05, 0.1) is 11.8 Å². The van der Waals surface area contributed by atoms with E-state index in [0.717, 1.165) is 11.3 Å². The molecule has 0 fully saturated rings. The van der Waals surface area contributed by atoms with Crippen LogP contribution in [0.1, 0.15) is 23.3 Å². The average molecular weight is 265 g/mol. The Hall–Kier alpha value is -1.53. The highest BCUT2D eigenvalue weighted by molar-refractivity contribution is 7.97. The van der Waals surface area contributed by atoms with Gasteiger partial charge >= 0.3 is 0 Å². The zero-order chi connectivity index (χ0) is 13.0. The summed E-state index contributed by atoms with van der Waals surface area (Å²) in [5.41, 5.74) is 7.03. The number of phenols is 1. The molecular formula is C12H15N3O2S. The topological polar surface area (TPSA) is 85.2 Å². The van der Waals surface area contributed by atoms with Crippen LogP contribution < -0.4 is 5.73 Å². The van der Waals surface area contributed by atoms with Crippen molar-refractivity contribution >= 4 is 11.8 Å². The monoisotopic (exact) mass is 265 g/mol. The lowest BCUT2D eigenvalue weighted by atomic mass is 10.1. The van der Waals surface area contributed by atoms with Crippen molar-refractivity contribution in [3.63, 3.8) is 0 Å². The van der Waals surface area contributed by atoms with Crippen LogP contribution in [-0.4, -0.2) is 21.5 Å². The third kappa shape index (κ3) is 3.24. The van der Waals surface area contributed by atoms with Crippen LogP contribution in [0.2, 0.25) is 0 Å². The van der Waals surface area contributed by atoms with Crippen LogP contribution in [0, 0.1) is 0 Å². The smallest absolute Gasteiger partial charge is 0.243 e. The number of nitrogens with two attached hydrogens (primary N) is 1. The molecule has 6 heteroatoms. The number of benzene rings is 1. The summed E-state index contributed by atoms with van der Waals surface area (Å²) < 4.78 is 5.13. The predicted octanol–water partition coefficient (Wildman–Crippen LogP) is 1.88. The standard InChI is InChI=1S/C12H15N3O2S/c1-18-7-11-14-12(17-15-11)10(13)6-8-2-4-9(16)5-3-8/h2-5,10,16H,6-7,13H2,1H3. The van der Waals surface area contributed by atoms with Gasteiger partial charge in [0.15, 0.2) is 5.82 Å². The number of hydrogen-bond acceptors (Lipinski definition) is 6. The van der Waals surface area contributed by atoms with Crippen molar-refractivity contribution in [2.45, 2.75) is 18.2 Å². The fourth-order valence-corrected chi connectivity index (χ4v) is 1.95. The first-order valence-electron chi connectivity index (χ1n) is 5.54. The van der Waals surface area contributed by atoms with Crippen molar-refractivity contribution in [2.24, 2.45) is 5.73 Å². The van der Waals surface area contributed by atoms with E-state index in [0.29, 0.717) is 18.1 Å². The van der Waals surface area contributed by atoms with Gasteiger partial charge in [0, 0.05) is 0 Å². The van der Waals surface area contributed by atoms with E-state index in [4.69, 9.17) is 10.3 Å². The maximum absolute atomic E-state index is 9.20. The van der Waals surface area contributed by atoms with Crippen molar-refractivity contribution in [3.05, 3.63) is 41.5 Å². The lowest BCUT2D eigenvalue weighted by molar-refractivity contribution is 0.351. The second-order valence-electron chi connectivity index (χ2n) is 3.96. The molecule has 1 aromatic heterocycles. The van der Waals surface area contributed by atoms with Crippen LogP contribution in [0.3, 0.4) is 0 Å². The van der Waals surface area contributed by atoms with Crippen LogP contribution in [-0.2, 0) is 12.2 Å². The Morgan fingerprint density at radius 3 is 2.78 bits per heavy atom. The Labute approximate surface area is 109 Å².